The van der Waals surface area contributed by atoms with Gasteiger partial charge in [0.15, 0.2) is 0 Å². The first kappa shape index (κ1) is 14.3. The first-order valence-corrected chi connectivity index (χ1v) is 8.78. The molecule has 2 aliphatic carbocycles. The summed E-state index contributed by atoms with van der Waals surface area (Å²) in [6.07, 6.45) is 6.92. The van der Waals surface area contributed by atoms with Gasteiger partial charge in [-0.15, -0.1) is 0 Å². The van der Waals surface area contributed by atoms with Gasteiger partial charge in [0.25, 0.3) is 0 Å². The van der Waals surface area contributed by atoms with E-state index in [2.05, 4.69) is 6.92 Å². The van der Waals surface area contributed by atoms with Crippen molar-refractivity contribution in [1.29, 1.82) is 0 Å². The van der Waals surface area contributed by atoms with Crippen LogP contribution < -0.4 is 0 Å². The number of fused-ring (bicyclic) bond motifs is 1. The van der Waals surface area contributed by atoms with Gasteiger partial charge in [-0.2, -0.15) is 0 Å². The van der Waals surface area contributed by atoms with E-state index < -0.39 is 5.41 Å². The first-order valence-electron chi connectivity index (χ1n) is 8.78. The molecule has 5 atom stereocenters. The molecule has 3 heterocycles. The first-order chi connectivity index (χ1) is 11.6. The summed E-state index contributed by atoms with van der Waals surface area (Å²) in [5.41, 5.74) is 2.32. The van der Waals surface area contributed by atoms with Gasteiger partial charge in [0.1, 0.15) is 12.2 Å². The molecular weight excluding hydrogens is 308 g/mol. The molecule has 2 aliphatic heterocycles. The van der Waals surface area contributed by atoms with Crippen LogP contribution in [0.3, 0.4) is 0 Å². The summed E-state index contributed by atoms with van der Waals surface area (Å²) in [5, 5.41) is 0. The fourth-order valence-electron chi connectivity index (χ4n) is 5.48. The van der Waals surface area contributed by atoms with E-state index in [1.807, 2.05) is 6.07 Å². The number of hydrogen-bond acceptors (Lipinski definition) is 5. The molecule has 0 N–H and O–H groups in total. The third kappa shape index (κ3) is 1.65. The van der Waals surface area contributed by atoms with E-state index in [4.69, 9.17) is 13.9 Å². The molecule has 1 aromatic rings. The zero-order valence-corrected chi connectivity index (χ0v) is 13.6. The molecule has 4 aliphatic rings. The molecular formula is C19H20O5. The Morgan fingerprint density at radius 1 is 1.21 bits per heavy atom. The van der Waals surface area contributed by atoms with Crippen molar-refractivity contribution in [2.45, 2.75) is 51.2 Å². The summed E-state index contributed by atoms with van der Waals surface area (Å²) in [5.74, 6) is -0.0730. The van der Waals surface area contributed by atoms with Crippen molar-refractivity contribution in [1.82, 2.24) is 0 Å². The zero-order valence-electron chi connectivity index (χ0n) is 13.6. The van der Waals surface area contributed by atoms with Crippen LogP contribution in [0.25, 0.3) is 0 Å². The average Bonchev–Trinajstić information content (AvgIpc) is 3.26. The molecule has 0 radical (unpaired) electrons. The molecule has 1 spiro atoms. The quantitative estimate of drug-likeness (QED) is 0.740. The van der Waals surface area contributed by atoms with E-state index in [0.717, 1.165) is 36.0 Å². The van der Waals surface area contributed by atoms with Gasteiger partial charge >= 0.3 is 11.9 Å². The van der Waals surface area contributed by atoms with Crippen molar-refractivity contribution >= 4 is 11.9 Å². The molecule has 126 valence electrons. The Balaban J connectivity index is 1.59. The van der Waals surface area contributed by atoms with Crippen LogP contribution in [0.2, 0.25) is 0 Å². The number of ether oxygens (including phenoxy) is 2. The second-order valence-corrected chi connectivity index (χ2v) is 7.60. The molecule has 1 saturated carbocycles. The Morgan fingerprint density at radius 3 is 2.88 bits per heavy atom. The Hall–Kier alpha value is -2.04. The third-order valence-electron chi connectivity index (χ3n) is 6.62. The number of carbonyl (C=O) groups is 2. The van der Waals surface area contributed by atoms with Gasteiger partial charge in [0.05, 0.1) is 17.9 Å². The topological polar surface area (TPSA) is 65.7 Å². The maximum absolute atomic E-state index is 13.0. The van der Waals surface area contributed by atoms with Crippen molar-refractivity contribution in [2.75, 3.05) is 0 Å². The van der Waals surface area contributed by atoms with Crippen molar-refractivity contribution in [2.24, 2.45) is 17.3 Å². The SMILES string of the molecule is C[C@H]1C[C@H]2OC(=O)C3=C2[C@H](CCC3)[C@]12C[C@@H](c1ccoc1)OC2=O. The standard InChI is InChI=1S/C19H20O5/c1-10-7-14-16-12(17(20)23-14)3-2-4-13(16)19(10)8-15(24-18(19)21)11-5-6-22-9-11/h5-6,9-10,13-15H,2-4,7-8H2,1H3/t10-,13-,14+,15-,19-/m0/s1. The van der Waals surface area contributed by atoms with E-state index >= 15 is 0 Å². The minimum atomic E-state index is -0.534. The number of carbonyl (C=O) groups excluding carboxylic acids is 2. The highest BCUT2D eigenvalue weighted by Gasteiger charge is 2.64. The van der Waals surface area contributed by atoms with Crippen LogP contribution in [0.4, 0.5) is 0 Å². The lowest BCUT2D eigenvalue weighted by Gasteiger charge is -2.47. The van der Waals surface area contributed by atoms with Crippen LogP contribution in [0.15, 0.2) is 34.2 Å². The zero-order chi connectivity index (χ0) is 16.5. The van der Waals surface area contributed by atoms with E-state index in [-0.39, 0.29) is 36.0 Å². The molecule has 1 aromatic heterocycles. The van der Waals surface area contributed by atoms with Gasteiger partial charge in [-0.3, -0.25) is 4.79 Å². The number of furan rings is 1. The molecule has 1 saturated heterocycles. The normalized spacial score (nSPS) is 40.7. The molecule has 2 fully saturated rings. The van der Waals surface area contributed by atoms with Gasteiger partial charge in [-0.05, 0) is 43.2 Å². The predicted octanol–water partition coefficient (Wildman–Crippen LogP) is 3.32. The lowest BCUT2D eigenvalue weighted by Crippen LogP contribution is -2.49. The second kappa shape index (κ2) is 4.74. The second-order valence-electron chi connectivity index (χ2n) is 7.60. The molecule has 0 unspecified atom stereocenters. The highest BCUT2D eigenvalue weighted by Crippen LogP contribution is 2.62. The van der Waals surface area contributed by atoms with Gasteiger partial charge in [0, 0.05) is 23.5 Å². The van der Waals surface area contributed by atoms with Crippen molar-refractivity contribution < 1.29 is 23.5 Å². The summed E-state index contributed by atoms with van der Waals surface area (Å²) in [6.45, 7) is 2.11. The lowest BCUT2D eigenvalue weighted by molar-refractivity contribution is -0.156. The highest BCUT2D eigenvalue weighted by atomic mass is 16.6. The maximum Gasteiger partial charge on any atom is 0.334 e. The Kier molecular flexibility index (Phi) is 2.83. The largest absolute Gasteiger partial charge is 0.472 e. The maximum atomic E-state index is 13.0. The van der Waals surface area contributed by atoms with Crippen LogP contribution in [0.5, 0.6) is 0 Å². The molecule has 5 nitrogen and oxygen atoms in total. The summed E-state index contributed by atoms with van der Waals surface area (Å²) >= 11 is 0. The number of esters is 2. The van der Waals surface area contributed by atoms with Gasteiger partial charge < -0.3 is 13.9 Å². The fraction of sp³-hybridized carbons (Fsp3) is 0.579. The fourth-order valence-corrected chi connectivity index (χ4v) is 5.48. The van der Waals surface area contributed by atoms with Crippen LogP contribution in [0.1, 0.15) is 50.7 Å². The number of hydrogen-bond donors (Lipinski definition) is 0. The lowest BCUT2D eigenvalue weighted by atomic mass is 9.54. The van der Waals surface area contributed by atoms with Crippen molar-refractivity contribution in [3.8, 4) is 0 Å². The summed E-state index contributed by atoms with van der Waals surface area (Å²) < 4.78 is 16.6. The molecule has 0 aromatic carbocycles. The van der Waals surface area contributed by atoms with E-state index in [1.54, 1.807) is 12.5 Å². The molecule has 24 heavy (non-hydrogen) atoms. The predicted molar refractivity (Wildman–Crippen MR) is 82.6 cm³/mol. The number of rotatable bonds is 1. The summed E-state index contributed by atoms with van der Waals surface area (Å²) in [4.78, 5) is 25.2. The van der Waals surface area contributed by atoms with Crippen molar-refractivity contribution in [3.63, 3.8) is 0 Å². The van der Waals surface area contributed by atoms with E-state index in [0.29, 0.717) is 12.8 Å². The smallest absolute Gasteiger partial charge is 0.334 e. The minimum absolute atomic E-state index is 0.0749. The summed E-state index contributed by atoms with van der Waals surface area (Å²) in [7, 11) is 0. The molecule has 5 heteroatoms. The molecule has 5 rings (SSSR count). The Bertz CT molecular complexity index is 746. The van der Waals surface area contributed by atoms with Gasteiger partial charge in [0.2, 0.25) is 0 Å². The van der Waals surface area contributed by atoms with Gasteiger partial charge in [-0.1, -0.05) is 6.92 Å². The van der Waals surface area contributed by atoms with Gasteiger partial charge in [-0.25, -0.2) is 4.79 Å². The summed E-state index contributed by atoms with van der Waals surface area (Å²) in [6, 6.07) is 1.86. The number of cyclic esters (lactones) is 1. The van der Waals surface area contributed by atoms with Crippen LogP contribution in [0, 0.1) is 17.3 Å². The third-order valence-corrected chi connectivity index (χ3v) is 6.62. The van der Waals surface area contributed by atoms with Crippen LogP contribution >= 0.6 is 0 Å². The molecule has 0 amide bonds. The Labute approximate surface area is 140 Å². The average molecular weight is 328 g/mol. The Morgan fingerprint density at radius 2 is 2.08 bits per heavy atom. The van der Waals surface area contributed by atoms with E-state index in [1.165, 1.54) is 0 Å². The highest BCUT2D eigenvalue weighted by molar-refractivity contribution is 5.93. The van der Waals surface area contributed by atoms with Crippen LogP contribution in [-0.4, -0.2) is 18.0 Å². The van der Waals surface area contributed by atoms with E-state index in [9.17, 15) is 9.59 Å². The molecule has 0 bridgehead atoms. The minimum Gasteiger partial charge on any atom is -0.472 e. The van der Waals surface area contributed by atoms with Crippen LogP contribution in [-0.2, 0) is 19.1 Å². The monoisotopic (exact) mass is 328 g/mol. The van der Waals surface area contributed by atoms with Crippen molar-refractivity contribution in [3.05, 3.63) is 35.3 Å².